The van der Waals surface area contributed by atoms with Crippen molar-refractivity contribution in [2.24, 2.45) is 23.7 Å². The molecule has 4 fully saturated rings. The molecule has 1 heterocycles. The normalized spacial score (nSPS) is 30.4. The van der Waals surface area contributed by atoms with Crippen molar-refractivity contribution in [1.82, 2.24) is 15.5 Å². The van der Waals surface area contributed by atoms with Crippen molar-refractivity contribution in [3.05, 3.63) is 40.3 Å². The zero-order valence-electron chi connectivity index (χ0n) is 15.5. The summed E-state index contributed by atoms with van der Waals surface area (Å²) in [4.78, 5) is 36.7. The first-order chi connectivity index (χ1) is 13.6. The first kappa shape index (κ1) is 17.4. The molecule has 7 nitrogen and oxygen atoms in total. The van der Waals surface area contributed by atoms with Gasteiger partial charge in [0.05, 0.1) is 5.39 Å². The molecule has 2 aromatic rings. The van der Waals surface area contributed by atoms with Gasteiger partial charge >= 0.3 is 5.97 Å². The number of hydrogen-bond acceptors (Lipinski definition) is 5. The summed E-state index contributed by atoms with van der Waals surface area (Å²) in [5, 5.41) is 10.0. The van der Waals surface area contributed by atoms with Crippen molar-refractivity contribution in [2.45, 2.75) is 38.1 Å². The SMILES string of the molecule is O=C(COC(=O)c1n[nH]c(=O)c2ccccc12)NC1C2CC3CC(C2)CC1C3. The largest absolute Gasteiger partial charge is 0.451 e. The Bertz CT molecular complexity index is 971. The molecule has 4 saturated carbocycles. The number of hydrogen-bond donors (Lipinski definition) is 2. The highest BCUT2D eigenvalue weighted by atomic mass is 16.5. The van der Waals surface area contributed by atoms with Crippen molar-refractivity contribution < 1.29 is 14.3 Å². The molecule has 146 valence electrons. The number of carbonyl (C=O) groups excluding carboxylic acids is 2. The lowest BCUT2D eigenvalue weighted by molar-refractivity contribution is -0.128. The molecule has 1 aromatic carbocycles. The zero-order chi connectivity index (χ0) is 19.3. The molecule has 28 heavy (non-hydrogen) atoms. The fourth-order valence-corrected chi connectivity index (χ4v) is 5.86. The maximum absolute atomic E-state index is 12.4. The molecule has 0 atom stereocenters. The third kappa shape index (κ3) is 2.99. The Morgan fingerprint density at radius 3 is 2.36 bits per heavy atom. The predicted molar refractivity (Wildman–Crippen MR) is 102 cm³/mol. The molecule has 6 rings (SSSR count). The van der Waals surface area contributed by atoms with Gasteiger partial charge in [0.15, 0.2) is 12.3 Å². The molecule has 4 bridgehead atoms. The molecule has 1 aromatic heterocycles. The molecule has 0 spiro atoms. The molecule has 4 aliphatic carbocycles. The highest BCUT2D eigenvalue weighted by Crippen LogP contribution is 2.53. The van der Waals surface area contributed by atoms with E-state index in [1.807, 2.05) is 0 Å². The van der Waals surface area contributed by atoms with Crippen molar-refractivity contribution >= 4 is 22.6 Å². The minimum atomic E-state index is -0.715. The van der Waals surface area contributed by atoms with E-state index >= 15 is 0 Å². The summed E-state index contributed by atoms with van der Waals surface area (Å²) >= 11 is 0. The number of esters is 1. The van der Waals surface area contributed by atoms with Gasteiger partial charge in [-0.1, -0.05) is 18.2 Å². The van der Waals surface area contributed by atoms with E-state index in [0.717, 1.165) is 11.8 Å². The second kappa shape index (κ2) is 6.72. The molecule has 2 N–H and O–H groups in total. The van der Waals surface area contributed by atoms with E-state index in [0.29, 0.717) is 22.6 Å². The van der Waals surface area contributed by atoms with E-state index in [9.17, 15) is 14.4 Å². The van der Waals surface area contributed by atoms with E-state index in [-0.39, 0.29) is 29.8 Å². The lowest BCUT2D eigenvalue weighted by atomic mass is 9.54. The summed E-state index contributed by atoms with van der Waals surface area (Å²) in [6, 6.07) is 6.91. The van der Waals surface area contributed by atoms with Crippen LogP contribution in [0.25, 0.3) is 10.8 Å². The van der Waals surface area contributed by atoms with Gasteiger partial charge < -0.3 is 10.1 Å². The first-order valence-corrected chi connectivity index (χ1v) is 10.0. The van der Waals surface area contributed by atoms with Crippen LogP contribution < -0.4 is 10.9 Å². The maximum atomic E-state index is 12.4. The first-order valence-electron chi connectivity index (χ1n) is 10.0. The van der Waals surface area contributed by atoms with Gasteiger partial charge in [-0.2, -0.15) is 5.10 Å². The number of nitrogens with zero attached hydrogens (tertiary/aromatic N) is 1. The fraction of sp³-hybridized carbons (Fsp3) is 0.524. The Morgan fingerprint density at radius 2 is 1.68 bits per heavy atom. The summed E-state index contributed by atoms with van der Waals surface area (Å²) in [5.41, 5.74) is -0.357. The molecular formula is C21H23N3O4. The Morgan fingerprint density at radius 1 is 1.04 bits per heavy atom. The Labute approximate surface area is 161 Å². The molecule has 1 amide bonds. The quantitative estimate of drug-likeness (QED) is 0.789. The summed E-state index contributed by atoms with van der Waals surface area (Å²) in [5.74, 6) is 1.84. The van der Waals surface area contributed by atoms with E-state index in [2.05, 4.69) is 15.5 Å². The number of H-pyrrole nitrogens is 1. The van der Waals surface area contributed by atoms with Crippen LogP contribution in [0.15, 0.2) is 29.1 Å². The highest BCUT2D eigenvalue weighted by molar-refractivity contribution is 6.02. The minimum Gasteiger partial charge on any atom is -0.451 e. The van der Waals surface area contributed by atoms with Crippen LogP contribution >= 0.6 is 0 Å². The number of carbonyl (C=O) groups is 2. The summed E-state index contributed by atoms with van der Waals surface area (Å²) < 4.78 is 5.20. The summed E-state index contributed by atoms with van der Waals surface area (Å²) in [6.07, 6.45) is 6.22. The van der Waals surface area contributed by atoms with Gasteiger partial charge in [-0.3, -0.25) is 9.59 Å². The van der Waals surface area contributed by atoms with E-state index in [1.165, 1.54) is 32.1 Å². The van der Waals surface area contributed by atoms with Gasteiger partial charge in [-0.15, -0.1) is 0 Å². The third-order valence-corrected chi connectivity index (χ3v) is 6.78. The van der Waals surface area contributed by atoms with Crippen LogP contribution in [0.3, 0.4) is 0 Å². The van der Waals surface area contributed by atoms with Crippen LogP contribution in [0.5, 0.6) is 0 Å². The van der Waals surface area contributed by atoms with Crippen LogP contribution in [0.2, 0.25) is 0 Å². The smallest absolute Gasteiger partial charge is 0.359 e. The van der Waals surface area contributed by atoms with Gasteiger partial charge in [-0.05, 0) is 61.8 Å². The van der Waals surface area contributed by atoms with Crippen molar-refractivity contribution in [3.63, 3.8) is 0 Å². The number of ether oxygens (including phenoxy) is 1. The number of rotatable bonds is 4. The van der Waals surface area contributed by atoms with Crippen molar-refractivity contribution in [3.8, 4) is 0 Å². The van der Waals surface area contributed by atoms with Crippen molar-refractivity contribution in [1.29, 1.82) is 0 Å². The van der Waals surface area contributed by atoms with Crippen LogP contribution in [0.1, 0.15) is 42.6 Å². The molecule has 7 heteroatoms. The van der Waals surface area contributed by atoms with Gasteiger partial charge in [-0.25, -0.2) is 9.89 Å². The van der Waals surface area contributed by atoms with Crippen LogP contribution in [-0.4, -0.2) is 34.7 Å². The minimum absolute atomic E-state index is 0.0117. The van der Waals surface area contributed by atoms with Gasteiger partial charge in [0.2, 0.25) is 0 Å². The van der Waals surface area contributed by atoms with Crippen LogP contribution in [-0.2, 0) is 9.53 Å². The van der Waals surface area contributed by atoms with Crippen LogP contribution in [0.4, 0.5) is 0 Å². The fourth-order valence-electron chi connectivity index (χ4n) is 5.86. The maximum Gasteiger partial charge on any atom is 0.359 e. The standard InChI is InChI=1S/C21H23N3O4/c25-17(22-18-13-6-11-5-12(8-13)9-14(18)7-11)10-28-21(27)19-15-3-1-2-4-16(15)20(26)24-23-19/h1-4,11-14,18H,5-10H2,(H,22,25)(H,24,26). The highest BCUT2D eigenvalue weighted by Gasteiger charge is 2.48. The van der Waals surface area contributed by atoms with Crippen LogP contribution in [0, 0.1) is 23.7 Å². The summed E-state index contributed by atoms with van der Waals surface area (Å²) in [7, 11) is 0. The number of aromatic nitrogens is 2. The monoisotopic (exact) mass is 381 g/mol. The number of benzene rings is 1. The molecule has 0 aliphatic heterocycles. The topological polar surface area (TPSA) is 101 Å². The van der Waals surface area contributed by atoms with E-state index < -0.39 is 5.97 Å². The Kier molecular flexibility index (Phi) is 4.18. The molecular weight excluding hydrogens is 358 g/mol. The average molecular weight is 381 g/mol. The Balaban J connectivity index is 1.23. The molecule has 4 aliphatic rings. The zero-order valence-corrected chi connectivity index (χ0v) is 15.5. The molecule has 0 radical (unpaired) electrons. The predicted octanol–water partition coefficient (Wildman–Crippen LogP) is 2.02. The lowest BCUT2D eigenvalue weighted by Crippen LogP contribution is -2.56. The van der Waals surface area contributed by atoms with Gasteiger partial charge in [0.25, 0.3) is 11.5 Å². The lowest BCUT2D eigenvalue weighted by Gasteiger charge is -2.54. The number of amides is 1. The second-order valence-corrected chi connectivity index (χ2v) is 8.55. The molecule has 0 unspecified atom stereocenters. The average Bonchev–Trinajstić information content (AvgIpc) is 2.69. The number of fused-ring (bicyclic) bond motifs is 1. The van der Waals surface area contributed by atoms with E-state index in [1.54, 1.807) is 24.3 Å². The number of nitrogens with one attached hydrogen (secondary N) is 2. The molecule has 0 saturated heterocycles. The van der Waals surface area contributed by atoms with E-state index in [4.69, 9.17) is 4.74 Å². The second-order valence-electron chi connectivity index (χ2n) is 8.55. The third-order valence-electron chi connectivity index (χ3n) is 6.78. The van der Waals surface area contributed by atoms with Gasteiger partial charge in [0.1, 0.15) is 0 Å². The van der Waals surface area contributed by atoms with Gasteiger partial charge in [0, 0.05) is 11.4 Å². The summed E-state index contributed by atoms with van der Waals surface area (Å²) in [6.45, 7) is -0.337. The Hall–Kier alpha value is -2.70. The number of aromatic amines is 1. The van der Waals surface area contributed by atoms with Crippen molar-refractivity contribution in [2.75, 3.05) is 6.61 Å².